The molecule has 0 bridgehead atoms. The van der Waals surface area contributed by atoms with Crippen LogP contribution in [-0.4, -0.2) is 46.8 Å². The molecule has 5 nitrogen and oxygen atoms in total. The normalized spacial score (nSPS) is 18.2. The molecule has 0 radical (unpaired) electrons. The molecule has 24 heavy (non-hydrogen) atoms. The Kier molecular flexibility index (Phi) is 5.11. The molecule has 0 aliphatic carbocycles. The van der Waals surface area contributed by atoms with Crippen LogP contribution in [0.1, 0.15) is 41.4 Å². The van der Waals surface area contributed by atoms with Crippen molar-refractivity contribution in [2.24, 2.45) is 0 Å². The van der Waals surface area contributed by atoms with E-state index in [-0.39, 0.29) is 18.6 Å². The first-order chi connectivity index (χ1) is 11.7. The Labute approximate surface area is 142 Å². The monoisotopic (exact) mass is 328 g/mol. The third-order valence-corrected chi connectivity index (χ3v) is 4.77. The fourth-order valence-electron chi connectivity index (χ4n) is 3.53. The van der Waals surface area contributed by atoms with Crippen molar-refractivity contribution in [3.05, 3.63) is 41.1 Å². The van der Waals surface area contributed by atoms with E-state index >= 15 is 0 Å². The number of likely N-dealkylation sites (tertiary alicyclic amines) is 1. The summed E-state index contributed by atoms with van der Waals surface area (Å²) in [6.07, 6.45) is 2.05. The Morgan fingerprint density at radius 3 is 2.96 bits per heavy atom. The first-order valence-electron chi connectivity index (χ1n) is 8.56. The van der Waals surface area contributed by atoms with Gasteiger partial charge in [-0.2, -0.15) is 0 Å². The fraction of sp³-hybridized carbons (Fsp3) is 0.474. The summed E-state index contributed by atoms with van der Waals surface area (Å²) < 4.78 is 5.27. The minimum atomic E-state index is -0.317. The fourth-order valence-corrected chi connectivity index (χ4v) is 3.53. The molecule has 1 aliphatic heterocycles. The summed E-state index contributed by atoms with van der Waals surface area (Å²) in [5.41, 5.74) is 3.11. The number of aliphatic hydroxyl groups excluding tert-OH is 1. The average molecular weight is 328 g/mol. The molecule has 1 aromatic heterocycles. The van der Waals surface area contributed by atoms with Crippen LogP contribution in [0, 0.1) is 6.92 Å². The molecular formula is C19H24N2O3. The quantitative estimate of drug-likeness (QED) is 0.855. The highest BCUT2D eigenvalue weighted by Crippen LogP contribution is 2.27. The minimum Gasteiger partial charge on any atom is -0.462 e. The van der Waals surface area contributed by atoms with Gasteiger partial charge in [0.15, 0.2) is 0 Å². The van der Waals surface area contributed by atoms with Gasteiger partial charge in [0.1, 0.15) is 0 Å². The second kappa shape index (κ2) is 7.28. The van der Waals surface area contributed by atoms with Gasteiger partial charge in [0, 0.05) is 18.0 Å². The standard InChI is InChI=1S/C19H24N2O3/c1-3-24-19(23)18-13(2)15-8-4-5-9-16(15)20-17(18)11-21-10-6-7-14(21)12-22/h4-5,8-9,14,22H,3,6-7,10-12H2,1-2H3/t14-/m1/s1. The zero-order valence-corrected chi connectivity index (χ0v) is 14.3. The molecule has 2 heterocycles. The summed E-state index contributed by atoms with van der Waals surface area (Å²) in [7, 11) is 0. The maximum atomic E-state index is 12.5. The molecule has 0 unspecified atom stereocenters. The largest absolute Gasteiger partial charge is 0.462 e. The van der Waals surface area contributed by atoms with E-state index in [9.17, 15) is 9.90 Å². The topological polar surface area (TPSA) is 62.7 Å². The highest BCUT2D eigenvalue weighted by Gasteiger charge is 2.27. The predicted octanol–water partition coefficient (Wildman–Crippen LogP) is 2.68. The number of carbonyl (C=O) groups excluding carboxylic acids is 1. The second-order valence-electron chi connectivity index (χ2n) is 6.25. The number of aryl methyl sites for hydroxylation is 1. The van der Waals surface area contributed by atoms with Gasteiger partial charge in [-0.05, 0) is 44.9 Å². The second-order valence-corrected chi connectivity index (χ2v) is 6.25. The van der Waals surface area contributed by atoms with Crippen LogP contribution in [-0.2, 0) is 11.3 Å². The molecule has 0 spiro atoms. The number of benzene rings is 1. The van der Waals surface area contributed by atoms with Crippen LogP contribution in [0.5, 0.6) is 0 Å². The average Bonchev–Trinajstić information content (AvgIpc) is 3.02. The van der Waals surface area contributed by atoms with Crippen molar-refractivity contribution in [1.29, 1.82) is 0 Å². The predicted molar refractivity (Wildman–Crippen MR) is 93.0 cm³/mol. The maximum absolute atomic E-state index is 12.5. The van der Waals surface area contributed by atoms with Gasteiger partial charge in [-0.15, -0.1) is 0 Å². The molecule has 0 saturated carbocycles. The number of nitrogens with zero attached hydrogens (tertiary/aromatic N) is 2. The number of rotatable bonds is 5. The number of ether oxygens (including phenoxy) is 1. The summed E-state index contributed by atoms with van der Waals surface area (Å²) in [5, 5.41) is 10.5. The lowest BCUT2D eigenvalue weighted by molar-refractivity contribution is 0.0522. The summed E-state index contributed by atoms with van der Waals surface area (Å²) in [6, 6.07) is 8.00. The Morgan fingerprint density at radius 1 is 1.42 bits per heavy atom. The van der Waals surface area contributed by atoms with Crippen LogP contribution in [0.15, 0.2) is 24.3 Å². The molecule has 1 fully saturated rings. The maximum Gasteiger partial charge on any atom is 0.340 e. The van der Waals surface area contributed by atoms with Gasteiger partial charge in [0.25, 0.3) is 0 Å². The van der Waals surface area contributed by atoms with E-state index < -0.39 is 0 Å². The van der Waals surface area contributed by atoms with Gasteiger partial charge >= 0.3 is 5.97 Å². The Morgan fingerprint density at radius 2 is 2.21 bits per heavy atom. The number of para-hydroxylation sites is 1. The summed E-state index contributed by atoms with van der Waals surface area (Å²) >= 11 is 0. The lowest BCUT2D eigenvalue weighted by Gasteiger charge is -2.24. The molecule has 1 aromatic carbocycles. The lowest BCUT2D eigenvalue weighted by Crippen LogP contribution is -2.32. The number of fused-ring (bicyclic) bond motifs is 1. The molecule has 3 rings (SSSR count). The zero-order valence-electron chi connectivity index (χ0n) is 14.3. The molecule has 1 saturated heterocycles. The van der Waals surface area contributed by atoms with Crippen molar-refractivity contribution in [3.8, 4) is 0 Å². The number of hydrogen-bond acceptors (Lipinski definition) is 5. The highest BCUT2D eigenvalue weighted by molar-refractivity contribution is 5.98. The van der Waals surface area contributed by atoms with E-state index in [1.807, 2.05) is 38.1 Å². The Balaban J connectivity index is 2.06. The van der Waals surface area contributed by atoms with E-state index in [0.29, 0.717) is 18.7 Å². The van der Waals surface area contributed by atoms with E-state index in [1.54, 1.807) is 0 Å². The molecule has 1 aliphatic rings. The van der Waals surface area contributed by atoms with Crippen molar-refractivity contribution in [2.45, 2.75) is 39.3 Å². The van der Waals surface area contributed by atoms with E-state index in [2.05, 4.69) is 4.90 Å². The molecule has 0 amide bonds. The van der Waals surface area contributed by atoms with Crippen molar-refractivity contribution < 1.29 is 14.6 Å². The Bertz CT molecular complexity index is 745. The summed E-state index contributed by atoms with van der Waals surface area (Å²) in [4.78, 5) is 19.5. The molecule has 1 atom stereocenters. The third-order valence-electron chi connectivity index (χ3n) is 4.77. The van der Waals surface area contributed by atoms with Gasteiger partial charge < -0.3 is 9.84 Å². The number of hydrogen-bond donors (Lipinski definition) is 1. The van der Waals surface area contributed by atoms with Gasteiger partial charge in [0.2, 0.25) is 0 Å². The smallest absolute Gasteiger partial charge is 0.340 e. The number of carbonyl (C=O) groups is 1. The highest BCUT2D eigenvalue weighted by atomic mass is 16.5. The molecule has 5 heteroatoms. The molecule has 128 valence electrons. The van der Waals surface area contributed by atoms with Crippen LogP contribution >= 0.6 is 0 Å². The molecular weight excluding hydrogens is 304 g/mol. The molecule has 2 aromatic rings. The van der Waals surface area contributed by atoms with Crippen LogP contribution in [0.4, 0.5) is 0 Å². The van der Waals surface area contributed by atoms with Crippen molar-refractivity contribution >= 4 is 16.9 Å². The lowest BCUT2D eigenvalue weighted by atomic mass is 10.0. The van der Waals surface area contributed by atoms with Crippen molar-refractivity contribution in [1.82, 2.24) is 9.88 Å². The first kappa shape index (κ1) is 16.9. The number of pyridine rings is 1. The van der Waals surface area contributed by atoms with Crippen LogP contribution in [0.2, 0.25) is 0 Å². The SMILES string of the molecule is CCOC(=O)c1c(CN2CCC[C@@H]2CO)nc2ccccc2c1C. The minimum absolute atomic E-state index is 0.140. The van der Waals surface area contributed by atoms with E-state index in [1.165, 1.54) is 0 Å². The van der Waals surface area contributed by atoms with Gasteiger partial charge in [-0.3, -0.25) is 9.88 Å². The van der Waals surface area contributed by atoms with E-state index in [0.717, 1.165) is 41.5 Å². The summed E-state index contributed by atoms with van der Waals surface area (Å²) in [5.74, 6) is -0.317. The van der Waals surface area contributed by atoms with Crippen molar-refractivity contribution in [2.75, 3.05) is 19.8 Å². The van der Waals surface area contributed by atoms with Crippen molar-refractivity contribution in [3.63, 3.8) is 0 Å². The van der Waals surface area contributed by atoms with Gasteiger partial charge in [0.05, 0.1) is 30.0 Å². The number of esters is 1. The zero-order chi connectivity index (χ0) is 17.1. The first-order valence-corrected chi connectivity index (χ1v) is 8.56. The van der Waals surface area contributed by atoms with Crippen LogP contribution in [0.25, 0.3) is 10.9 Å². The number of aliphatic hydroxyl groups is 1. The van der Waals surface area contributed by atoms with Crippen LogP contribution in [0.3, 0.4) is 0 Å². The summed E-state index contributed by atoms with van der Waals surface area (Å²) in [6.45, 7) is 5.72. The molecule has 1 N–H and O–H groups in total. The van der Waals surface area contributed by atoms with Gasteiger partial charge in [-0.1, -0.05) is 18.2 Å². The number of aromatic nitrogens is 1. The van der Waals surface area contributed by atoms with E-state index in [4.69, 9.17) is 9.72 Å². The van der Waals surface area contributed by atoms with Gasteiger partial charge in [-0.25, -0.2) is 4.79 Å². The third kappa shape index (κ3) is 3.14. The van der Waals surface area contributed by atoms with Crippen LogP contribution < -0.4 is 0 Å². The Hall–Kier alpha value is -1.98.